The van der Waals surface area contributed by atoms with Crippen molar-refractivity contribution >= 4 is 22.6 Å². The van der Waals surface area contributed by atoms with Crippen LogP contribution in [0.2, 0.25) is 0 Å². The zero-order valence-corrected chi connectivity index (χ0v) is 14.4. The minimum absolute atomic E-state index is 0.0567. The standard InChI is InChI=1S/C19H17ClO5/c1-23-19-16(24-9-5-8-20)11-15-17(18(19)22)13(21)10-14(25-15)12-6-3-2-4-7-12/h2-4,6-7,10-11,22H,5,8-9H2,1H3. The average molecular weight is 361 g/mol. The Morgan fingerprint density at radius 2 is 1.96 bits per heavy atom. The summed E-state index contributed by atoms with van der Waals surface area (Å²) in [5.74, 6) is 0.964. The molecule has 1 N–H and O–H groups in total. The van der Waals surface area contributed by atoms with Crippen molar-refractivity contribution in [2.75, 3.05) is 19.6 Å². The predicted octanol–water partition coefficient (Wildman–Crippen LogP) is 4.18. The van der Waals surface area contributed by atoms with E-state index in [-0.39, 0.29) is 27.9 Å². The summed E-state index contributed by atoms with van der Waals surface area (Å²) in [6.07, 6.45) is 0.636. The third-order valence-electron chi connectivity index (χ3n) is 3.71. The lowest BCUT2D eigenvalue weighted by molar-refractivity contribution is 0.287. The minimum atomic E-state index is -0.358. The van der Waals surface area contributed by atoms with E-state index in [1.807, 2.05) is 30.3 Å². The van der Waals surface area contributed by atoms with Crippen LogP contribution < -0.4 is 14.9 Å². The van der Waals surface area contributed by atoms with E-state index in [9.17, 15) is 9.90 Å². The molecule has 0 radical (unpaired) electrons. The van der Waals surface area contributed by atoms with Gasteiger partial charge in [-0.05, 0) is 6.42 Å². The van der Waals surface area contributed by atoms with Crippen molar-refractivity contribution in [2.45, 2.75) is 6.42 Å². The molecule has 0 spiro atoms. The van der Waals surface area contributed by atoms with Crippen LogP contribution in [0.4, 0.5) is 0 Å². The summed E-state index contributed by atoms with van der Waals surface area (Å²) in [5, 5.41) is 10.5. The van der Waals surface area contributed by atoms with Gasteiger partial charge in [0.15, 0.2) is 16.9 Å². The van der Waals surface area contributed by atoms with E-state index in [2.05, 4.69) is 0 Å². The lowest BCUT2D eigenvalue weighted by Crippen LogP contribution is -2.04. The van der Waals surface area contributed by atoms with Gasteiger partial charge in [0.25, 0.3) is 0 Å². The first kappa shape index (κ1) is 17.2. The second-order valence-electron chi connectivity index (χ2n) is 5.36. The highest BCUT2D eigenvalue weighted by Crippen LogP contribution is 2.42. The lowest BCUT2D eigenvalue weighted by Gasteiger charge is -2.13. The van der Waals surface area contributed by atoms with Gasteiger partial charge in [0.2, 0.25) is 5.75 Å². The van der Waals surface area contributed by atoms with E-state index >= 15 is 0 Å². The molecule has 0 amide bonds. The molecule has 0 fully saturated rings. The maximum absolute atomic E-state index is 12.5. The molecule has 0 unspecified atom stereocenters. The molecule has 0 atom stereocenters. The summed E-state index contributed by atoms with van der Waals surface area (Å²) >= 11 is 5.66. The van der Waals surface area contributed by atoms with Crippen LogP contribution in [0.15, 0.2) is 51.7 Å². The molecule has 3 aromatic rings. The predicted molar refractivity (Wildman–Crippen MR) is 97.0 cm³/mol. The fourth-order valence-corrected chi connectivity index (χ4v) is 2.66. The number of phenols is 1. The number of alkyl halides is 1. The summed E-state index contributed by atoms with van der Waals surface area (Å²) in [6.45, 7) is 0.355. The number of halogens is 1. The monoisotopic (exact) mass is 360 g/mol. The van der Waals surface area contributed by atoms with Crippen LogP contribution in [-0.4, -0.2) is 24.7 Å². The van der Waals surface area contributed by atoms with Gasteiger partial charge in [-0.25, -0.2) is 0 Å². The number of aromatic hydroxyl groups is 1. The number of methoxy groups -OCH3 is 1. The topological polar surface area (TPSA) is 68.9 Å². The summed E-state index contributed by atoms with van der Waals surface area (Å²) in [4.78, 5) is 12.5. The molecular formula is C19H17ClO5. The van der Waals surface area contributed by atoms with Crippen molar-refractivity contribution in [3.8, 4) is 28.6 Å². The summed E-state index contributed by atoms with van der Waals surface area (Å²) in [5.41, 5.74) is 0.634. The second-order valence-corrected chi connectivity index (χ2v) is 5.74. The van der Waals surface area contributed by atoms with Gasteiger partial charge in [0, 0.05) is 23.6 Å². The number of phenolic OH excluding ortho intramolecular Hbond substituents is 1. The number of hydrogen-bond acceptors (Lipinski definition) is 5. The Labute approximate surface area is 149 Å². The maximum atomic E-state index is 12.5. The van der Waals surface area contributed by atoms with Crippen LogP contribution >= 0.6 is 11.6 Å². The Morgan fingerprint density at radius 1 is 1.20 bits per heavy atom. The van der Waals surface area contributed by atoms with Gasteiger partial charge in [0.1, 0.15) is 16.7 Å². The van der Waals surface area contributed by atoms with E-state index in [0.717, 1.165) is 5.56 Å². The van der Waals surface area contributed by atoms with Crippen LogP contribution in [0.3, 0.4) is 0 Å². The van der Waals surface area contributed by atoms with Gasteiger partial charge in [-0.1, -0.05) is 30.3 Å². The van der Waals surface area contributed by atoms with E-state index in [1.165, 1.54) is 13.2 Å². The molecule has 2 aromatic carbocycles. The summed E-state index contributed by atoms with van der Waals surface area (Å²) in [7, 11) is 1.40. The second kappa shape index (κ2) is 7.49. The Kier molecular flexibility index (Phi) is 5.14. The average Bonchev–Trinajstić information content (AvgIpc) is 2.62. The third kappa shape index (κ3) is 3.42. The first-order valence-electron chi connectivity index (χ1n) is 7.77. The molecule has 0 saturated heterocycles. The first-order chi connectivity index (χ1) is 12.2. The van der Waals surface area contributed by atoms with Crippen LogP contribution in [0, 0.1) is 0 Å². The fourth-order valence-electron chi connectivity index (χ4n) is 2.55. The van der Waals surface area contributed by atoms with Crippen molar-refractivity contribution in [3.63, 3.8) is 0 Å². The molecule has 0 aliphatic heterocycles. The van der Waals surface area contributed by atoms with E-state index in [4.69, 9.17) is 25.5 Å². The summed E-state index contributed by atoms with van der Waals surface area (Å²) < 4.78 is 16.6. The summed E-state index contributed by atoms with van der Waals surface area (Å²) in [6, 6.07) is 12.2. The molecule has 5 nitrogen and oxygen atoms in total. The number of ether oxygens (including phenoxy) is 2. The molecule has 0 aliphatic carbocycles. The lowest BCUT2D eigenvalue weighted by atomic mass is 10.1. The smallest absolute Gasteiger partial charge is 0.204 e. The highest BCUT2D eigenvalue weighted by Gasteiger charge is 2.19. The normalized spacial score (nSPS) is 10.8. The van der Waals surface area contributed by atoms with Crippen LogP contribution in [0.25, 0.3) is 22.3 Å². The Balaban J connectivity index is 2.17. The third-order valence-corrected chi connectivity index (χ3v) is 3.98. The quantitative estimate of drug-likeness (QED) is 0.527. The van der Waals surface area contributed by atoms with Crippen LogP contribution in [0.5, 0.6) is 17.2 Å². The van der Waals surface area contributed by atoms with Gasteiger partial charge < -0.3 is 19.0 Å². The molecular weight excluding hydrogens is 344 g/mol. The minimum Gasteiger partial charge on any atom is -0.504 e. The molecule has 3 rings (SSSR count). The van der Waals surface area contributed by atoms with Gasteiger partial charge in [-0.2, -0.15) is 0 Å². The Hall–Kier alpha value is -2.66. The number of hydrogen-bond donors (Lipinski definition) is 1. The highest BCUT2D eigenvalue weighted by molar-refractivity contribution is 6.17. The molecule has 1 heterocycles. The zero-order chi connectivity index (χ0) is 17.8. The number of fused-ring (bicyclic) bond motifs is 1. The van der Waals surface area contributed by atoms with Crippen molar-refractivity contribution in [1.82, 2.24) is 0 Å². The molecule has 25 heavy (non-hydrogen) atoms. The van der Waals surface area contributed by atoms with Gasteiger partial charge >= 0.3 is 0 Å². The Bertz CT molecular complexity index is 934. The largest absolute Gasteiger partial charge is 0.504 e. The fraction of sp³-hybridized carbons (Fsp3) is 0.211. The molecule has 0 bridgehead atoms. The van der Waals surface area contributed by atoms with Gasteiger partial charge in [0.05, 0.1) is 13.7 Å². The van der Waals surface area contributed by atoms with Gasteiger partial charge in [-0.3, -0.25) is 4.79 Å². The molecule has 130 valence electrons. The van der Waals surface area contributed by atoms with Crippen molar-refractivity contribution in [2.24, 2.45) is 0 Å². The van der Waals surface area contributed by atoms with Gasteiger partial charge in [-0.15, -0.1) is 11.6 Å². The maximum Gasteiger partial charge on any atom is 0.204 e. The molecule has 0 aliphatic rings. The van der Waals surface area contributed by atoms with E-state index in [1.54, 1.807) is 6.07 Å². The van der Waals surface area contributed by atoms with Crippen molar-refractivity contribution in [1.29, 1.82) is 0 Å². The van der Waals surface area contributed by atoms with Crippen LogP contribution in [0.1, 0.15) is 6.42 Å². The Morgan fingerprint density at radius 3 is 2.64 bits per heavy atom. The van der Waals surface area contributed by atoms with E-state index in [0.29, 0.717) is 30.4 Å². The number of rotatable bonds is 6. The first-order valence-corrected chi connectivity index (χ1v) is 8.31. The highest BCUT2D eigenvalue weighted by atomic mass is 35.5. The molecule has 0 saturated carbocycles. The molecule has 6 heteroatoms. The number of benzene rings is 2. The zero-order valence-electron chi connectivity index (χ0n) is 13.6. The van der Waals surface area contributed by atoms with Crippen molar-refractivity contribution in [3.05, 3.63) is 52.7 Å². The molecule has 1 aromatic heterocycles. The SMILES string of the molecule is COc1c(OCCCCl)cc2oc(-c3ccccc3)cc(=O)c2c1O. The van der Waals surface area contributed by atoms with Crippen molar-refractivity contribution < 1.29 is 19.0 Å². The van der Waals surface area contributed by atoms with Crippen LogP contribution in [-0.2, 0) is 0 Å². The van der Waals surface area contributed by atoms with E-state index < -0.39 is 0 Å².